The van der Waals surface area contributed by atoms with Crippen molar-refractivity contribution in [2.75, 3.05) is 6.54 Å². The molecule has 3 unspecified atom stereocenters. The minimum atomic E-state index is -0.0745. The summed E-state index contributed by atoms with van der Waals surface area (Å²) in [7, 11) is 0. The second kappa shape index (κ2) is 4.63. The summed E-state index contributed by atoms with van der Waals surface area (Å²) in [4.78, 5) is 0. The molecule has 0 aromatic carbocycles. The molecule has 0 spiro atoms. The van der Waals surface area contributed by atoms with Crippen molar-refractivity contribution in [1.82, 2.24) is 5.32 Å². The summed E-state index contributed by atoms with van der Waals surface area (Å²) in [6, 6.07) is 0.359. The van der Waals surface area contributed by atoms with Crippen LogP contribution in [-0.4, -0.2) is 23.8 Å². The van der Waals surface area contributed by atoms with E-state index in [2.05, 4.69) is 18.8 Å². The summed E-state index contributed by atoms with van der Waals surface area (Å²) in [5.41, 5.74) is 0. The van der Waals surface area contributed by atoms with Gasteiger partial charge >= 0.3 is 0 Å². The van der Waals surface area contributed by atoms with Gasteiger partial charge in [-0.2, -0.15) is 0 Å². The fourth-order valence-electron chi connectivity index (χ4n) is 1.68. The smallest absolute Gasteiger partial charge is 0.0580 e. The molecule has 70 valence electrons. The van der Waals surface area contributed by atoms with Crippen LogP contribution in [0.15, 0.2) is 12.7 Å². The standard InChI is InChI=1S/C10H19NO/c1-3-8(2)11-7-9-5-4-6-10(9)12/h3,8-12H,1,4-7H2,2H3. The largest absolute Gasteiger partial charge is 0.393 e. The quantitative estimate of drug-likeness (QED) is 0.622. The number of aliphatic hydroxyl groups excluding tert-OH is 1. The highest BCUT2D eigenvalue weighted by molar-refractivity contribution is 4.84. The fourth-order valence-corrected chi connectivity index (χ4v) is 1.68. The van der Waals surface area contributed by atoms with Gasteiger partial charge in [0.25, 0.3) is 0 Å². The molecule has 12 heavy (non-hydrogen) atoms. The monoisotopic (exact) mass is 169 g/mol. The molecule has 3 atom stereocenters. The summed E-state index contributed by atoms with van der Waals surface area (Å²) in [5.74, 6) is 0.465. The van der Waals surface area contributed by atoms with Crippen molar-refractivity contribution in [3.63, 3.8) is 0 Å². The summed E-state index contributed by atoms with van der Waals surface area (Å²) >= 11 is 0. The van der Waals surface area contributed by atoms with Crippen LogP contribution in [0, 0.1) is 5.92 Å². The van der Waals surface area contributed by atoms with Gasteiger partial charge in [0.2, 0.25) is 0 Å². The Hall–Kier alpha value is -0.340. The van der Waals surface area contributed by atoms with Gasteiger partial charge in [0, 0.05) is 12.6 Å². The number of nitrogens with one attached hydrogen (secondary N) is 1. The van der Waals surface area contributed by atoms with Crippen LogP contribution >= 0.6 is 0 Å². The normalized spacial score (nSPS) is 31.8. The molecule has 2 nitrogen and oxygen atoms in total. The molecule has 1 aliphatic carbocycles. The third-order valence-corrected chi connectivity index (χ3v) is 2.67. The predicted octanol–water partition coefficient (Wildman–Crippen LogP) is 1.31. The molecule has 1 saturated carbocycles. The maximum Gasteiger partial charge on any atom is 0.0580 e. The Morgan fingerprint density at radius 3 is 2.92 bits per heavy atom. The lowest BCUT2D eigenvalue weighted by Gasteiger charge is -2.17. The van der Waals surface area contributed by atoms with Gasteiger partial charge in [0.1, 0.15) is 0 Å². The number of hydrogen-bond donors (Lipinski definition) is 2. The zero-order valence-electron chi connectivity index (χ0n) is 7.79. The van der Waals surface area contributed by atoms with Gasteiger partial charge in [-0.1, -0.05) is 12.5 Å². The average Bonchev–Trinajstić information content (AvgIpc) is 2.47. The molecule has 2 heteroatoms. The third-order valence-electron chi connectivity index (χ3n) is 2.67. The molecule has 0 radical (unpaired) electrons. The summed E-state index contributed by atoms with van der Waals surface area (Å²) in [6.45, 7) is 6.70. The lowest BCUT2D eigenvalue weighted by atomic mass is 10.1. The zero-order valence-corrected chi connectivity index (χ0v) is 7.79. The summed E-state index contributed by atoms with van der Waals surface area (Å²) < 4.78 is 0. The Labute approximate surface area is 74.7 Å². The minimum absolute atomic E-state index is 0.0745. The van der Waals surface area contributed by atoms with Gasteiger partial charge < -0.3 is 10.4 Å². The van der Waals surface area contributed by atoms with Crippen molar-refractivity contribution in [3.8, 4) is 0 Å². The molecule has 0 aromatic rings. The van der Waals surface area contributed by atoms with E-state index in [4.69, 9.17) is 0 Å². The lowest BCUT2D eigenvalue weighted by Crippen LogP contribution is -2.32. The van der Waals surface area contributed by atoms with E-state index in [-0.39, 0.29) is 6.10 Å². The second-order valence-electron chi connectivity index (χ2n) is 3.69. The lowest BCUT2D eigenvalue weighted by molar-refractivity contribution is 0.131. The van der Waals surface area contributed by atoms with E-state index in [9.17, 15) is 5.11 Å². The van der Waals surface area contributed by atoms with Gasteiger partial charge in [-0.15, -0.1) is 6.58 Å². The van der Waals surface area contributed by atoms with E-state index in [0.717, 1.165) is 19.4 Å². The number of hydrogen-bond acceptors (Lipinski definition) is 2. The van der Waals surface area contributed by atoms with Crippen molar-refractivity contribution in [2.24, 2.45) is 5.92 Å². The molecule has 1 fully saturated rings. The van der Waals surface area contributed by atoms with E-state index in [1.54, 1.807) is 0 Å². The highest BCUT2D eigenvalue weighted by Gasteiger charge is 2.24. The Bertz CT molecular complexity index is 147. The fraction of sp³-hybridized carbons (Fsp3) is 0.800. The van der Waals surface area contributed by atoms with Crippen LogP contribution in [0.3, 0.4) is 0 Å². The van der Waals surface area contributed by atoms with E-state index in [0.29, 0.717) is 12.0 Å². The average molecular weight is 169 g/mol. The van der Waals surface area contributed by atoms with Crippen LogP contribution < -0.4 is 5.32 Å². The maximum atomic E-state index is 9.51. The molecular formula is C10H19NO. The topological polar surface area (TPSA) is 32.3 Å². The van der Waals surface area contributed by atoms with Crippen LogP contribution in [0.5, 0.6) is 0 Å². The zero-order chi connectivity index (χ0) is 8.97. The van der Waals surface area contributed by atoms with Gasteiger partial charge in [0.15, 0.2) is 0 Å². The van der Waals surface area contributed by atoms with Crippen molar-refractivity contribution >= 4 is 0 Å². The number of aliphatic hydroxyl groups is 1. The van der Waals surface area contributed by atoms with Crippen molar-refractivity contribution in [2.45, 2.75) is 38.3 Å². The van der Waals surface area contributed by atoms with Crippen molar-refractivity contribution in [1.29, 1.82) is 0 Å². The SMILES string of the molecule is C=CC(C)NCC1CCCC1O. The highest BCUT2D eigenvalue weighted by atomic mass is 16.3. The van der Waals surface area contributed by atoms with E-state index in [1.807, 2.05) is 6.08 Å². The maximum absolute atomic E-state index is 9.51. The van der Waals surface area contributed by atoms with Gasteiger partial charge in [-0.05, 0) is 25.7 Å². The first-order valence-corrected chi connectivity index (χ1v) is 4.78. The van der Waals surface area contributed by atoms with Crippen molar-refractivity contribution in [3.05, 3.63) is 12.7 Å². The molecule has 0 aliphatic heterocycles. The first-order valence-electron chi connectivity index (χ1n) is 4.78. The van der Waals surface area contributed by atoms with E-state index < -0.39 is 0 Å². The molecule has 0 aromatic heterocycles. The van der Waals surface area contributed by atoms with Gasteiger partial charge in [0.05, 0.1) is 6.10 Å². The highest BCUT2D eigenvalue weighted by Crippen LogP contribution is 2.24. The Balaban J connectivity index is 2.17. The van der Waals surface area contributed by atoms with Crippen LogP contribution in [0.4, 0.5) is 0 Å². The second-order valence-corrected chi connectivity index (χ2v) is 3.69. The van der Waals surface area contributed by atoms with Crippen LogP contribution in [0.25, 0.3) is 0 Å². The van der Waals surface area contributed by atoms with Gasteiger partial charge in [-0.25, -0.2) is 0 Å². The van der Waals surface area contributed by atoms with Crippen LogP contribution in [0.2, 0.25) is 0 Å². The first kappa shape index (κ1) is 9.75. The molecule has 0 heterocycles. The van der Waals surface area contributed by atoms with Gasteiger partial charge in [-0.3, -0.25) is 0 Å². The summed E-state index contributed by atoms with van der Waals surface area (Å²) in [5, 5.41) is 12.8. The third kappa shape index (κ3) is 2.61. The molecule has 0 amide bonds. The van der Waals surface area contributed by atoms with Crippen LogP contribution in [0.1, 0.15) is 26.2 Å². The van der Waals surface area contributed by atoms with Crippen LogP contribution in [-0.2, 0) is 0 Å². The Morgan fingerprint density at radius 2 is 2.42 bits per heavy atom. The predicted molar refractivity (Wildman–Crippen MR) is 51.0 cm³/mol. The van der Waals surface area contributed by atoms with E-state index >= 15 is 0 Å². The van der Waals surface area contributed by atoms with E-state index in [1.165, 1.54) is 6.42 Å². The Morgan fingerprint density at radius 1 is 1.67 bits per heavy atom. The summed E-state index contributed by atoms with van der Waals surface area (Å²) in [6.07, 6.45) is 5.14. The molecular weight excluding hydrogens is 150 g/mol. The number of rotatable bonds is 4. The van der Waals surface area contributed by atoms with Crippen molar-refractivity contribution < 1.29 is 5.11 Å². The molecule has 0 bridgehead atoms. The molecule has 2 N–H and O–H groups in total. The first-order chi connectivity index (χ1) is 5.74. The molecule has 0 saturated heterocycles. The minimum Gasteiger partial charge on any atom is -0.393 e. The molecule has 1 rings (SSSR count). The Kier molecular flexibility index (Phi) is 3.76. The molecule has 1 aliphatic rings.